The molecule has 0 saturated carbocycles. The van der Waals surface area contributed by atoms with E-state index in [2.05, 4.69) is 20.8 Å². The van der Waals surface area contributed by atoms with Crippen LogP contribution in [-0.2, 0) is 0 Å². The van der Waals surface area contributed by atoms with Crippen LogP contribution in [0, 0.1) is 5.82 Å². The summed E-state index contributed by atoms with van der Waals surface area (Å²) in [5.74, 6) is -0.128. The summed E-state index contributed by atoms with van der Waals surface area (Å²) in [5, 5.41) is 0. The number of nitrogens with zero attached hydrogens (tertiary/aromatic N) is 1. The van der Waals surface area contributed by atoms with E-state index in [0.29, 0.717) is 0 Å². The van der Waals surface area contributed by atoms with E-state index in [-0.39, 0.29) is 5.82 Å². The van der Waals surface area contributed by atoms with Crippen LogP contribution >= 0.6 is 15.9 Å². The Balaban J connectivity index is 2.29. The van der Waals surface area contributed by atoms with Crippen LogP contribution in [0.15, 0.2) is 22.7 Å². The van der Waals surface area contributed by atoms with Crippen LogP contribution in [0.1, 0.15) is 12.8 Å². The van der Waals surface area contributed by atoms with E-state index in [0.717, 1.165) is 23.2 Å². The maximum atomic E-state index is 13.4. The molecule has 1 aromatic carbocycles. The maximum Gasteiger partial charge on any atom is 0.147 e. The molecule has 1 aliphatic heterocycles. The standard InChI is InChI=1S/C10H11BrFN/c11-8-3-4-10(9(12)7-8)13-5-1-2-6-13/h3-4,7H,1-2,5-6H2. The van der Waals surface area contributed by atoms with Gasteiger partial charge >= 0.3 is 0 Å². The number of rotatable bonds is 1. The third-order valence-electron chi connectivity index (χ3n) is 2.36. The fourth-order valence-corrected chi connectivity index (χ4v) is 2.03. The van der Waals surface area contributed by atoms with Crippen molar-refractivity contribution in [2.45, 2.75) is 12.8 Å². The Morgan fingerprint density at radius 3 is 2.54 bits per heavy atom. The summed E-state index contributed by atoms with van der Waals surface area (Å²) in [6.45, 7) is 1.97. The molecule has 3 heteroatoms. The van der Waals surface area contributed by atoms with Gasteiger partial charge in [-0.15, -0.1) is 0 Å². The Labute approximate surface area is 85.7 Å². The number of anilines is 1. The molecule has 13 heavy (non-hydrogen) atoms. The second kappa shape index (κ2) is 3.66. The van der Waals surface area contributed by atoms with Gasteiger partial charge in [0.1, 0.15) is 5.82 Å². The first-order chi connectivity index (χ1) is 6.27. The van der Waals surface area contributed by atoms with Crippen molar-refractivity contribution in [3.63, 3.8) is 0 Å². The van der Waals surface area contributed by atoms with E-state index >= 15 is 0 Å². The Bertz CT molecular complexity index is 308. The van der Waals surface area contributed by atoms with Gasteiger partial charge in [0.05, 0.1) is 5.69 Å². The summed E-state index contributed by atoms with van der Waals surface area (Å²) in [5.41, 5.74) is 0.737. The summed E-state index contributed by atoms with van der Waals surface area (Å²) >= 11 is 3.25. The van der Waals surface area contributed by atoms with Crippen molar-refractivity contribution < 1.29 is 4.39 Å². The highest BCUT2D eigenvalue weighted by Gasteiger charge is 2.15. The van der Waals surface area contributed by atoms with Crippen molar-refractivity contribution in [2.24, 2.45) is 0 Å². The molecule has 0 N–H and O–H groups in total. The average molecular weight is 244 g/mol. The molecule has 0 spiro atoms. The highest BCUT2D eigenvalue weighted by atomic mass is 79.9. The first-order valence-electron chi connectivity index (χ1n) is 4.47. The minimum Gasteiger partial charge on any atom is -0.369 e. The molecule has 1 aliphatic rings. The minimum atomic E-state index is -0.128. The zero-order chi connectivity index (χ0) is 9.26. The molecule has 1 nitrogen and oxygen atoms in total. The lowest BCUT2D eigenvalue weighted by atomic mass is 10.3. The van der Waals surface area contributed by atoms with Crippen molar-refractivity contribution in [3.05, 3.63) is 28.5 Å². The minimum absolute atomic E-state index is 0.128. The highest BCUT2D eigenvalue weighted by Crippen LogP contribution is 2.25. The first kappa shape index (κ1) is 9.00. The number of halogens is 2. The molecule has 0 atom stereocenters. The summed E-state index contributed by atoms with van der Waals surface area (Å²) in [4.78, 5) is 2.10. The van der Waals surface area contributed by atoms with Gasteiger partial charge < -0.3 is 4.90 Å². The molecular formula is C10H11BrFN. The van der Waals surface area contributed by atoms with Gasteiger partial charge in [-0.2, -0.15) is 0 Å². The van der Waals surface area contributed by atoms with E-state index in [1.54, 1.807) is 0 Å². The normalized spacial score (nSPS) is 16.6. The van der Waals surface area contributed by atoms with Crippen LogP contribution < -0.4 is 4.90 Å². The van der Waals surface area contributed by atoms with Crippen LogP contribution in [0.4, 0.5) is 10.1 Å². The van der Waals surface area contributed by atoms with Crippen molar-refractivity contribution >= 4 is 21.6 Å². The fourth-order valence-electron chi connectivity index (χ4n) is 1.70. The van der Waals surface area contributed by atoms with Crippen LogP contribution in [0.3, 0.4) is 0 Å². The summed E-state index contributed by atoms with van der Waals surface area (Å²) in [6, 6.07) is 5.25. The average Bonchev–Trinajstić information content (AvgIpc) is 2.56. The highest BCUT2D eigenvalue weighted by molar-refractivity contribution is 9.10. The van der Waals surface area contributed by atoms with E-state index in [1.165, 1.54) is 18.9 Å². The maximum absolute atomic E-state index is 13.4. The molecule has 0 aromatic heterocycles. The van der Waals surface area contributed by atoms with E-state index in [9.17, 15) is 4.39 Å². The molecule has 0 aliphatic carbocycles. The molecule has 2 rings (SSSR count). The predicted octanol–water partition coefficient (Wildman–Crippen LogP) is 3.19. The Morgan fingerprint density at radius 2 is 1.92 bits per heavy atom. The van der Waals surface area contributed by atoms with Gasteiger partial charge in [0.2, 0.25) is 0 Å². The van der Waals surface area contributed by atoms with Crippen LogP contribution in [0.25, 0.3) is 0 Å². The Morgan fingerprint density at radius 1 is 1.23 bits per heavy atom. The third kappa shape index (κ3) is 1.85. The van der Waals surface area contributed by atoms with Crippen molar-refractivity contribution in [2.75, 3.05) is 18.0 Å². The van der Waals surface area contributed by atoms with Crippen LogP contribution in [0.5, 0.6) is 0 Å². The lowest BCUT2D eigenvalue weighted by Crippen LogP contribution is -2.18. The quantitative estimate of drug-likeness (QED) is 0.733. The first-order valence-corrected chi connectivity index (χ1v) is 5.27. The lowest BCUT2D eigenvalue weighted by molar-refractivity contribution is 0.622. The summed E-state index contributed by atoms with van der Waals surface area (Å²) in [7, 11) is 0. The zero-order valence-corrected chi connectivity index (χ0v) is 8.85. The molecule has 0 radical (unpaired) electrons. The van der Waals surface area contributed by atoms with Crippen LogP contribution in [-0.4, -0.2) is 13.1 Å². The summed E-state index contributed by atoms with van der Waals surface area (Å²) in [6.07, 6.45) is 2.35. The third-order valence-corrected chi connectivity index (χ3v) is 2.85. The van der Waals surface area contributed by atoms with Gasteiger partial charge in [-0.1, -0.05) is 15.9 Å². The Hall–Kier alpha value is -0.570. The molecule has 1 heterocycles. The van der Waals surface area contributed by atoms with Gasteiger partial charge in [0, 0.05) is 17.6 Å². The van der Waals surface area contributed by atoms with Crippen molar-refractivity contribution in [1.82, 2.24) is 0 Å². The largest absolute Gasteiger partial charge is 0.369 e. The van der Waals surface area contributed by atoms with Gasteiger partial charge in [-0.25, -0.2) is 4.39 Å². The van der Waals surface area contributed by atoms with Crippen molar-refractivity contribution in [1.29, 1.82) is 0 Å². The molecule has 1 aromatic rings. The number of hydrogen-bond acceptors (Lipinski definition) is 1. The van der Waals surface area contributed by atoms with Crippen LogP contribution in [0.2, 0.25) is 0 Å². The second-order valence-corrected chi connectivity index (χ2v) is 4.21. The molecule has 1 fully saturated rings. The van der Waals surface area contributed by atoms with Gasteiger partial charge in [0.15, 0.2) is 0 Å². The fraction of sp³-hybridized carbons (Fsp3) is 0.400. The van der Waals surface area contributed by atoms with Crippen molar-refractivity contribution in [3.8, 4) is 0 Å². The van der Waals surface area contributed by atoms with E-state index in [1.807, 2.05) is 12.1 Å². The van der Waals surface area contributed by atoms with E-state index < -0.39 is 0 Å². The Kier molecular flexibility index (Phi) is 2.54. The van der Waals surface area contributed by atoms with Gasteiger partial charge in [-0.3, -0.25) is 0 Å². The number of benzene rings is 1. The molecule has 70 valence electrons. The molecule has 0 bridgehead atoms. The summed E-state index contributed by atoms with van der Waals surface area (Å²) < 4.78 is 14.2. The topological polar surface area (TPSA) is 3.24 Å². The predicted molar refractivity (Wildman–Crippen MR) is 55.5 cm³/mol. The smallest absolute Gasteiger partial charge is 0.147 e. The zero-order valence-electron chi connectivity index (χ0n) is 7.26. The van der Waals surface area contributed by atoms with E-state index in [4.69, 9.17) is 0 Å². The molecule has 1 saturated heterocycles. The van der Waals surface area contributed by atoms with Gasteiger partial charge in [0.25, 0.3) is 0 Å². The molecule has 0 amide bonds. The second-order valence-electron chi connectivity index (χ2n) is 3.29. The monoisotopic (exact) mass is 243 g/mol. The SMILES string of the molecule is Fc1cc(Br)ccc1N1CCCC1. The van der Waals surface area contributed by atoms with Gasteiger partial charge in [-0.05, 0) is 31.0 Å². The molecule has 0 unspecified atom stereocenters. The number of hydrogen-bond donors (Lipinski definition) is 0. The molecular weight excluding hydrogens is 233 g/mol. The lowest BCUT2D eigenvalue weighted by Gasteiger charge is -2.18.